The third kappa shape index (κ3) is 5.00. The maximum Gasteiger partial charge on any atom is 0.343 e. The van der Waals surface area contributed by atoms with Gasteiger partial charge in [0.05, 0.1) is 10.7 Å². The van der Waals surface area contributed by atoms with Gasteiger partial charge in [-0.2, -0.15) is 0 Å². The van der Waals surface area contributed by atoms with Crippen LogP contribution in [0.4, 0.5) is 10.1 Å². The van der Waals surface area contributed by atoms with Gasteiger partial charge in [0.25, 0.3) is 5.91 Å². The Balaban J connectivity index is 1.58. The molecule has 0 saturated carbocycles. The van der Waals surface area contributed by atoms with Crippen LogP contribution >= 0.6 is 23.4 Å². The van der Waals surface area contributed by atoms with Crippen molar-refractivity contribution in [2.75, 3.05) is 12.3 Å². The Hall–Kier alpha value is -3.19. The van der Waals surface area contributed by atoms with E-state index >= 15 is 0 Å². The molecule has 0 bridgehead atoms. The first-order valence-corrected chi connectivity index (χ1v) is 9.38. The molecule has 2 aromatic heterocycles. The van der Waals surface area contributed by atoms with Crippen molar-refractivity contribution in [3.8, 4) is 0 Å². The number of aliphatic imine (C=N–C) groups is 1. The Bertz CT molecular complexity index is 1120. The molecular formula is C15H14ClFN8O3S. The number of aromatic nitrogens is 5. The second-order valence-corrected chi connectivity index (χ2v) is 7.01. The minimum Gasteiger partial charge on any atom is -0.382 e. The van der Waals surface area contributed by atoms with Gasteiger partial charge in [-0.1, -0.05) is 23.4 Å². The number of rotatable bonds is 7. The van der Waals surface area contributed by atoms with E-state index in [1.54, 1.807) is 0 Å². The fourth-order valence-corrected chi connectivity index (χ4v) is 3.02. The lowest BCUT2D eigenvalue weighted by molar-refractivity contribution is 0.0945. The van der Waals surface area contributed by atoms with E-state index in [2.05, 4.69) is 30.7 Å². The quantitative estimate of drug-likeness (QED) is 0.211. The van der Waals surface area contributed by atoms with Crippen molar-refractivity contribution in [3.63, 3.8) is 0 Å². The second kappa shape index (κ2) is 8.87. The van der Waals surface area contributed by atoms with Crippen LogP contribution in [0.5, 0.6) is 0 Å². The van der Waals surface area contributed by atoms with Gasteiger partial charge in [0.15, 0.2) is 16.6 Å². The van der Waals surface area contributed by atoms with E-state index in [1.165, 1.54) is 37.0 Å². The number of hydrogen-bond acceptors (Lipinski definition) is 8. The summed E-state index contributed by atoms with van der Waals surface area (Å²) in [7, 11) is 1.43. The summed E-state index contributed by atoms with van der Waals surface area (Å²) in [4.78, 5) is 29.6. The van der Waals surface area contributed by atoms with E-state index in [9.17, 15) is 14.0 Å². The average molecular weight is 441 g/mol. The zero-order chi connectivity index (χ0) is 21.0. The van der Waals surface area contributed by atoms with Crippen LogP contribution in [-0.4, -0.2) is 49.1 Å². The van der Waals surface area contributed by atoms with Crippen LogP contribution in [-0.2, 0) is 7.05 Å². The lowest BCUT2D eigenvalue weighted by Crippen LogP contribution is -2.27. The third-order valence-corrected chi connectivity index (χ3v) is 4.70. The molecule has 29 heavy (non-hydrogen) atoms. The number of benzene rings is 1. The molecule has 14 heteroatoms. The van der Waals surface area contributed by atoms with Crippen molar-refractivity contribution in [2.45, 2.75) is 5.03 Å². The molecule has 2 heterocycles. The van der Waals surface area contributed by atoms with Crippen molar-refractivity contribution in [2.24, 2.45) is 17.8 Å². The number of nitrogens with one attached hydrogen (secondary N) is 2. The first-order valence-electron chi connectivity index (χ1n) is 8.01. The van der Waals surface area contributed by atoms with Crippen LogP contribution in [0.25, 0.3) is 0 Å². The Morgan fingerprint density at radius 1 is 1.48 bits per heavy atom. The molecule has 11 nitrogen and oxygen atoms in total. The molecule has 1 amide bonds. The van der Waals surface area contributed by atoms with E-state index in [0.717, 1.165) is 4.68 Å². The lowest BCUT2D eigenvalue weighted by Gasteiger charge is -2.02. The van der Waals surface area contributed by atoms with Gasteiger partial charge in [-0.15, -0.1) is 5.10 Å². The normalized spacial score (nSPS) is 11.6. The maximum atomic E-state index is 13.2. The van der Waals surface area contributed by atoms with E-state index in [-0.39, 0.29) is 28.9 Å². The van der Waals surface area contributed by atoms with Gasteiger partial charge in [-0.05, 0) is 28.5 Å². The van der Waals surface area contributed by atoms with Gasteiger partial charge < -0.3 is 11.1 Å². The van der Waals surface area contributed by atoms with E-state index in [1.807, 2.05) is 0 Å². The van der Waals surface area contributed by atoms with Gasteiger partial charge in [-0.25, -0.2) is 23.5 Å². The van der Waals surface area contributed by atoms with Gasteiger partial charge >= 0.3 is 5.69 Å². The molecule has 0 saturated heterocycles. The number of nitrogens with two attached hydrogens (primary N) is 1. The lowest BCUT2D eigenvalue weighted by atomic mass is 10.3. The van der Waals surface area contributed by atoms with Crippen LogP contribution in [0.15, 0.2) is 37.6 Å². The fraction of sp³-hybridized carbons (Fsp3) is 0.200. The van der Waals surface area contributed by atoms with Crippen molar-refractivity contribution >= 4 is 40.8 Å². The monoisotopic (exact) mass is 440 g/mol. The SMILES string of the molecule is Cn1nc(C(=O)NCCSc2nonc2C(N)=Nc2ccc(F)c(Cl)c2)[nH]c1=O. The van der Waals surface area contributed by atoms with E-state index in [4.69, 9.17) is 22.0 Å². The summed E-state index contributed by atoms with van der Waals surface area (Å²) in [6, 6.07) is 3.90. The molecule has 0 aliphatic heterocycles. The Morgan fingerprint density at radius 2 is 2.28 bits per heavy atom. The molecule has 1 aromatic carbocycles. The number of thioether (sulfide) groups is 1. The van der Waals surface area contributed by atoms with Crippen LogP contribution in [0, 0.1) is 5.82 Å². The van der Waals surface area contributed by atoms with Gasteiger partial charge in [0.2, 0.25) is 5.82 Å². The molecule has 0 radical (unpaired) electrons. The number of carbonyl (C=O) groups excluding carboxylic acids is 1. The number of amidine groups is 1. The number of amides is 1. The zero-order valence-corrected chi connectivity index (χ0v) is 16.4. The number of carbonyl (C=O) groups is 1. The predicted octanol–water partition coefficient (Wildman–Crippen LogP) is 0.843. The molecule has 0 aliphatic rings. The molecule has 0 unspecified atom stereocenters. The van der Waals surface area contributed by atoms with Crippen LogP contribution in [0.3, 0.4) is 0 Å². The highest BCUT2D eigenvalue weighted by Crippen LogP contribution is 2.23. The number of H-pyrrole nitrogens is 1. The summed E-state index contributed by atoms with van der Waals surface area (Å²) in [5.41, 5.74) is 5.98. The second-order valence-electron chi connectivity index (χ2n) is 5.52. The molecule has 3 rings (SSSR count). The number of aryl methyl sites for hydroxylation is 1. The van der Waals surface area contributed by atoms with Crippen LogP contribution in [0.1, 0.15) is 16.3 Å². The molecule has 0 aliphatic carbocycles. The molecule has 0 atom stereocenters. The van der Waals surface area contributed by atoms with Crippen molar-refractivity contribution in [1.82, 2.24) is 30.4 Å². The maximum absolute atomic E-state index is 13.2. The first kappa shape index (κ1) is 20.5. The van der Waals surface area contributed by atoms with E-state index in [0.29, 0.717) is 16.5 Å². The number of hydrogen-bond donors (Lipinski definition) is 3. The molecular weight excluding hydrogens is 427 g/mol. The Morgan fingerprint density at radius 3 is 2.97 bits per heavy atom. The summed E-state index contributed by atoms with van der Waals surface area (Å²) in [6.07, 6.45) is 0. The largest absolute Gasteiger partial charge is 0.382 e. The molecule has 0 fully saturated rings. The average Bonchev–Trinajstić information content (AvgIpc) is 3.28. The minimum absolute atomic E-state index is 0.00604. The third-order valence-electron chi connectivity index (χ3n) is 3.46. The summed E-state index contributed by atoms with van der Waals surface area (Å²) in [5, 5.41) is 14.1. The number of halogens is 2. The molecule has 152 valence electrons. The van der Waals surface area contributed by atoms with Crippen molar-refractivity contribution in [1.29, 1.82) is 0 Å². The smallest absolute Gasteiger partial charge is 0.343 e. The van der Waals surface area contributed by atoms with Gasteiger partial charge in [0, 0.05) is 19.3 Å². The van der Waals surface area contributed by atoms with Gasteiger partial charge in [-0.3, -0.25) is 9.78 Å². The van der Waals surface area contributed by atoms with Crippen molar-refractivity contribution in [3.05, 3.63) is 51.0 Å². The molecule has 0 spiro atoms. The fourth-order valence-electron chi connectivity index (χ4n) is 2.08. The summed E-state index contributed by atoms with van der Waals surface area (Å²) in [6.45, 7) is 0.249. The summed E-state index contributed by atoms with van der Waals surface area (Å²) >= 11 is 6.94. The Labute approximate surface area is 171 Å². The van der Waals surface area contributed by atoms with Crippen molar-refractivity contribution < 1.29 is 13.8 Å². The molecule has 4 N–H and O–H groups in total. The number of nitrogens with zero attached hydrogens (tertiary/aromatic N) is 5. The van der Waals surface area contributed by atoms with Crippen LogP contribution < -0.4 is 16.7 Å². The summed E-state index contributed by atoms with van der Waals surface area (Å²) in [5.74, 6) is -0.761. The minimum atomic E-state index is -0.569. The summed E-state index contributed by atoms with van der Waals surface area (Å²) < 4.78 is 19.0. The first-order chi connectivity index (χ1) is 13.8. The standard InChI is InChI=1S/C15H14ClFN8O3S/c1-25-15(27)21-12(22-25)13(26)19-4-5-29-14-10(23-28-24-14)11(18)20-7-2-3-9(17)8(16)6-7/h2-3,6H,4-5H2,1H3,(H2,18,20)(H,19,26)(H,21,22,27). The van der Waals surface area contributed by atoms with Crippen LogP contribution in [0.2, 0.25) is 5.02 Å². The highest BCUT2D eigenvalue weighted by atomic mass is 35.5. The highest BCUT2D eigenvalue weighted by molar-refractivity contribution is 7.99. The predicted molar refractivity (Wildman–Crippen MR) is 103 cm³/mol. The topological polar surface area (TPSA) is 157 Å². The zero-order valence-electron chi connectivity index (χ0n) is 14.8. The van der Waals surface area contributed by atoms with E-state index < -0.39 is 17.4 Å². The Kier molecular flexibility index (Phi) is 6.29. The number of aromatic amines is 1. The van der Waals surface area contributed by atoms with Gasteiger partial charge in [0.1, 0.15) is 5.82 Å². The highest BCUT2D eigenvalue weighted by Gasteiger charge is 2.16. The molecule has 3 aromatic rings.